The van der Waals surface area contributed by atoms with Crippen LogP contribution < -0.4 is 0 Å². The third-order valence-corrected chi connectivity index (χ3v) is 3.42. The van der Waals surface area contributed by atoms with Gasteiger partial charge in [0.15, 0.2) is 0 Å². The predicted molar refractivity (Wildman–Crippen MR) is 76.8 cm³/mol. The highest BCUT2D eigenvalue weighted by Crippen LogP contribution is 2.21. The van der Waals surface area contributed by atoms with Crippen LogP contribution in [0.3, 0.4) is 0 Å². The molecule has 0 saturated heterocycles. The van der Waals surface area contributed by atoms with Crippen LogP contribution in [0.15, 0.2) is 24.3 Å². The Kier molecular flexibility index (Phi) is 4.09. The van der Waals surface area contributed by atoms with Crippen molar-refractivity contribution in [2.24, 2.45) is 0 Å². The minimum atomic E-state index is -0.806. The number of aliphatic carboxylic acids is 1. The summed E-state index contributed by atoms with van der Waals surface area (Å²) in [6, 6.07) is 7.78. The molecule has 0 atom stereocenters. The monoisotopic (exact) mass is 276 g/mol. The number of methoxy groups -OCH3 is 1. The fourth-order valence-electron chi connectivity index (χ4n) is 2.17. The zero-order valence-electron chi connectivity index (χ0n) is 12.1. The molecular weight excluding hydrogens is 256 g/mol. The molecule has 20 heavy (non-hydrogen) atoms. The van der Waals surface area contributed by atoms with Crippen LogP contribution in [-0.4, -0.2) is 33.3 Å². The molecule has 1 heterocycles. The van der Waals surface area contributed by atoms with E-state index in [1.807, 2.05) is 42.7 Å². The Labute approximate surface area is 118 Å². The fourth-order valence-corrected chi connectivity index (χ4v) is 2.17. The Bertz CT molecular complexity index is 617. The van der Waals surface area contributed by atoms with E-state index in [0.29, 0.717) is 13.0 Å². The van der Waals surface area contributed by atoms with Gasteiger partial charge in [0.2, 0.25) is 0 Å². The Balaban J connectivity index is 2.41. The number of carboxylic acids is 1. The number of imidazole rings is 1. The number of carboxylic acid groups (broad SMARTS) is 1. The molecule has 0 bridgehead atoms. The van der Waals surface area contributed by atoms with Crippen LogP contribution in [0.2, 0.25) is 0 Å². The van der Waals surface area contributed by atoms with Crippen molar-refractivity contribution in [3.05, 3.63) is 30.1 Å². The van der Waals surface area contributed by atoms with Gasteiger partial charge >= 0.3 is 5.97 Å². The number of hydrogen-bond donors (Lipinski definition) is 1. The van der Waals surface area contributed by atoms with Crippen LogP contribution in [0, 0.1) is 0 Å². The van der Waals surface area contributed by atoms with Crippen molar-refractivity contribution in [2.75, 3.05) is 7.11 Å². The van der Waals surface area contributed by atoms with Crippen molar-refractivity contribution >= 4 is 17.0 Å². The molecule has 0 aliphatic rings. The van der Waals surface area contributed by atoms with Crippen molar-refractivity contribution in [3.63, 3.8) is 0 Å². The summed E-state index contributed by atoms with van der Waals surface area (Å²) in [5, 5.41) is 8.90. The third-order valence-electron chi connectivity index (χ3n) is 3.42. The second kappa shape index (κ2) is 5.63. The van der Waals surface area contributed by atoms with Gasteiger partial charge in [-0.05, 0) is 26.0 Å². The predicted octanol–water partition coefficient (Wildman–Crippen LogP) is 2.48. The van der Waals surface area contributed by atoms with Gasteiger partial charge < -0.3 is 14.4 Å². The molecule has 0 aliphatic carbocycles. The lowest BCUT2D eigenvalue weighted by atomic mass is 10.0. The minimum Gasteiger partial charge on any atom is -0.481 e. The van der Waals surface area contributed by atoms with Crippen LogP contribution in [0.1, 0.15) is 26.1 Å². The summed E-state index contributed by atoms with van der Waals surface area (Å²) in [6.45, 7) is 4.41. The van der Waals surface area contributed by atoms with Crippen molar-refractivity contribution in [1.29, 1.82) is 0 Å². The highest BCUT2D eigenvalue weighted by Gasteiger charge is 2.22. The molecule has 0 fully saturated rings. The molecule has 108 valence electrons. The van der Waals surface area contributed by atoms with Gasteiger partial charge in [0.05, 0.1) is 23.1 Å². The van der Waals surface area contributed by atoms with E-state index in [1.54, 1.807) is 7.11 Å². The number of para-hydroxylation sites is 2. The average Bonchev–Trinajstić information content (AvgIpc) is 2.73. The second-order valence-electron chi connectivity index (χ2n) is 5.45. The van der Waals surface area contributed by atoms with E-state index in [9.17, 15) is 4.79 Å². The average molecular weight is 276 g/mol. The Morgan fingerprint density at radius 2 is 2.10 bits per heavy atom. The second-order valence-corrected chi connectivity index (χ2v) is 5.45. The molecule has 0 unspecified atom stereocenters. The molecule has 1 aromatic heterocycles. The van der Waals surface area contributed by atoms with Gasteiger partial charge in [-0.1, -0.05) is 12.1 Å². The number of aromatic nitrogens is 2. The normalized spacial score (nSPS) is 11.9. The Morgan fingerprint density at radius 1 is 1.40 bits per heavy atom. The lowest BCUT2D eigenvalue weighted by molar-refractivity contribution is -0.137. The minimum absolute atomic E-state index is 0.0841. The summed E-state index contributed by atoms with van der Waals surface area (Å²) in [5.41, 5.74) is 1.53. The fraction of sp³-hybridized carbons (Fsp3) is 0.467. The lowest BCUT2D eigenvalue weighted by Gasteiger charge is -2.22. The number of benzene rings is 1. The van der Waals surface area contributed by atoms with E-state index < -0.39 is 5.97 Å². The van der Waals surface area contributed by atoms with Crippen LogP contribution in [-0.2, 0) is 22.5 Å². The largest absolute Gasteiger partial charge is 0.481 e. The molecule has 1 N–H and O–H groups in total. The number of ether oxygens (including phenoxy) is 1. The number of fused-ring (bicyclic) bond motifs is 1. The first-order valence-corrected chi connectivity index (χ1v) is 6.64. The van der Waals surface area contributed by atoms with Crippen molar-refractivity contribution in [2.45, 2.75) is 38.8 Å². The first-order valence-electron chi connectivity index (χ1n) is 6.64. The molecule has 0 spiro atoms. The molecule has 2 aromatic rings. The number of hydrogen-bond acceptors (Lipinski definition) is 3. The first kappa shape index (κ1) is 14.5. The van der Waals surface area contributed by atoms with Gasteiger partial charge in [0, 0.05) is 20.1 Å². The smallest absolute Gasteiger partial charge is 0.305 e. The molecule has 0 radical (unpaired) electrons. The summed E-state index contributed by atoms with van der Waals surface area (Å²) >= 11 is 0. The topological polar surface area (TPSA) is 64.4 Å². The van der Waals surface area contributed by atoms with Crippen LogP contribution in [0.5, 0.6) is 0 Å². The summed E-state index contributed by atoms with van der Waals surface area (Å²) in [5.74, 6) is 0.0547. The Hall–Kier alpha value is -1.88. The van der Waals surface area contributed by atoms with Crippen molar-refractivity contribution in [3.8, 4) is 0 Å². The molecule has 2 rings (SSSR count). The van der Waals surface area contributed by atoms with Gasteiger partial charge in [-0.15, -0.1) is 0 Å². The SMILES string of the molecule is COC(C)(C)Cc1nc2ccccc2n1CCC(=O)O. The van der Waals surface area contributed by atoms with Gasteiger partial charge in [-0.25, -0.2) is 4.98 Å². The van der Waals surface area contributed by atoms with Crippen molar-refractivity contribution in [1.82, 2.24) is 9.55 Å². The highest BCUT2D eigenvalue weighted by molar-refractivity contribution is 5.76. The van der Waals surface area contributed by atoms with E-state index in [2.05, 4.69) is 4.98 Å². The maximum Gasteiger partial charge on any atom is 0.305 e. The highest BCUT2D eigenvalue weighted by atomic mass is 16.5. The van der Waals surface area contributed by atoms with E-state index in [0.717, 1.165) is 16.9 Å². The molecule has 0 aliphatic heterocycles. The number of carbonyl (C=O) groups is 1. The molecular formula is C15H20N2O3. The zero-order valence-corrected chi connectivity index (χ0v) is 12.1. The van der Waals surface area contributed by atoms with Crippen molar-refractivity contribution < 1.29 is 14.6 Å². The lowest BCUT2D eigenvalue weighted by Crippen LogP contribution is -2.27. The number of rotatable bonds is 6. The quantitative estimate of drug-likeness (QED) is 0.880. The molecule has 5 heteroatoms. The van der Waals surface area contributed by atoms with Crippen LogP contribution >= 0.6 is 0 Å². The summed E-state index contributed by atoms with van der Waals surface area (Å²) < 4.78 is 7.42. The maximum atomic E-state index is 10.8. The van der Waals surface area contributed by atoms with Crippen LogP contribution in [0.25, 0.3) is 11.0 Å². The number of nitrogens with zero attached hydrogens (tertiary/aromatic N) is 2. The summed E-state index contributed by atoms with van der Waals surface area (Å²) in [4.78, 5) is 15.4. The van der Waals surface area contributed by atoms with E-state index in [4.69, 9.17) is 9.84 Å². The molecule has 1 aromatic carbocycles. The molecule has 0 amide bonds. The summed E-state index contributed by atoms with van der Waals surface area (Å²) in [6.07, 6.45) is 0.721. The van der Waals surface area contributed by atoms with E-state index in [-0.39, 0.29) is 12.0 Å². The van der Waals surface area contributed by atoms with E-state index in [1.165, 1.54) is 0 Å². The van der Waals surface area contributed by atoms with Crippen LogP contribution in [0.4, 0.5) is 0 Å². The van der Waals surface area contributed by atoms with Gasteiger partial charge in [0.1, 0.15) is 5.82 Å². The summed E-state index contributed by atoms with van der Waals surface area (Å²) in [7, 11) is 1.67. The van der Waals surface area contributed by atoms with Gasteiger partial charge in [-0.3, -0.25) is 4.79 Å². The standard InChI is InChI=1S/C15H20N2O3/c1-15(2,20-3)10-13-16-11-6-4-5-7-12(11)17(13)9-8-14(18)19/h4-7H,8-10H2,1-3H3,(H,18,19). The Morgan fingerprint density at radius 3 is 2.75 bits per heavy atom. The molecule has 0 saturated carbocycles. The first-order chi connectivity index (χ1) is 9.43. The third kappa shape index (κ3) is 3.17. The molecule has 5 nitrogen and oxygen atoms in total. The van der Waals surface area contributed by atoms with Gasteiger partial charge in [0.25, 0.3) is 0 Å². The number of aryl methyl sites for hydroxylation is 1. The maximum absolute atomic E-state index is 10.8. The zero-order chi connectivity index (χ0) is 14.8. The van der Waals surface area contributed by atoms with Gasteiger partial charge in [-0.2, -0.15) is 0 Å². The van der Waals surface area contributed by atoms with E-state index >= 15 is 0 Å².